The quantitative estimate of drug-likeness (QED) is 0.588. The van der Waals surface area contributed by atoms with Crippen molar-refractivity contribution in [3.05, 3.63) is 0 Å². The van der Waals surface area contributed by atoms with Crippen molar-refractivity contribution in [2.45, 2.75) is 40.0 Å². The van der Waals surface area contributed by atoms with Crippen LogP contribution in [0.25, 0.3) is 0 Å². The van der Waals surface area contributed by atoms with Crippen LogP contribution < -0.4 is 10.2 Å². The number of hydrogen-bond acceptors (Lipinski definition) is 4. The van der Waals surface area contributed by atoms with Crippen molar-refractivity contribution in [1.82, 2.24) is 0 Å². The molecular formula is C10H16O4-2. The molecule has 0 bridgehead atoms. The Balaban J connectivity index is 4.26. The zero-order valence-corrected chi connectivity index (χ0v) is 8.83. The van der Waals surface area contributed by atoms with E-state index in [-0.39, 0.29) is 24.2 Å². The van der Waals surface area contributed by atoms with E-state index in [4.69, 9.17) is 0 Å². The van der Waals surface area contributed by atoms with Gasteiger partial charge < -0.3 is 19.8 Å². The van der Waals surface area contributed by atoms with Crippen LogP contribution >= 0.6 is 0 Å². The zero-order chi connectivity index (χ0) is 11.4. The summed E-state index contributed by atoms with van der Waals surface area (Å²) in [5.41, 5.74) is -0.227. The molecule has 4 nitrogen and oxygen atoms in total. The Morgan fingerprint density at radius 3 is 1.93 bits per heavy atom. The zero-order valence-electron chi connectivity index (χ0n) is 8.83. The van der Waals surface area contributed by atoms with Crippen LogP contribution in [0.15, 0.2) is 0 Å². The average Bonchev–Trinajstić information content (AvgIpc) is 1.94. The molecule has 0 aliphatic rings. The minimum atomic E-state index is -1.14. The summed E-state index contributed by atoms with van der Waals surface area (Å²) in [5.74, 6) is -2.47. The minimum Gasteiger partial charge on any atom is -0.550 e. The molecule has 0 radical (unpaired) electrons. The molecule has 0 amide bonds. The second-order valence-electron chi connectivity index (χ2n) is 4.55. The summed E-state index contributed by atoms with van der Waals surface area (Å²) in [5, 5.41) is 20.7. The molecule has 0 fully saturated rings. The molecule has 0 aliphatic carbocycles. The lowest BCUT2D eigenvalue weighted by Crippen LogP contribution is -2.32. The molecule has 4 heteroatoms. The summed E-state index contributed by atoms with van der Waals surface area (Å²) >= 11 is 0. The van der Waals surface area contributed by atoms with Crippen molar-refractivity contribution in [2.75, 3.05) is 0 Å². The first kappa shape index (κ1) is 12.9. The summed E-state index contributed by atoms with van der Waals surface area (Å²) in [6.45, 7) is 5.65. The smallest absolute Gasteiger partial charge is 0.0417 e. The van der Waals surface area contributed by atoms with Gasteiger partial charge in [0.1, 0.15) is 0 Å². The minimum absolute atomic E-state index is 0.100. The van der Waals surface area contributed by atoms with Crippen LogP contribution in [0.4, 0.5) is 0 Å². The molecule has 0 heterocycles. The van der Waals surface area contributed by atoms with Gasteiger partial charge in [-0.2, -0.15) is 0 Å². The number of rotatable bonds is 5. The lowest BCUT2D eigenvalue weighted by atomic mass is 9.76. The topological polar surface area (TPSA) is 80.3 Å². The van der Waals surface area contributed by atoms with Gasteiger partial charge in [0.2, 0.25) is 0 Å². The van der Waals surface area contributed by atoms with Crippen molar-refractivity contribution in [3.8, 4) is 0 Å². The van der Waals surface area contributed by atoms with E-state index in [1.165, 1.54) is 0 Å². The lowest BCUT2D eigenvalue weighted by Gasteiger charge is -2.31. The van der Waals surface area contributed by atoms with Crippen LogP contribution in [-0.2, 0) is 9.59 Å². The molecule has 0 aromatic rings. The Kier molecular flexibility index (Phi) is 4.60. The van der Waals surface area contributed by atoms with Gasteiger partial charge in [-0.1, -0.05) is 20.8 Å². The van der Waals surface area contributed by atoms with Gasteiger partial charge in [0.15, 0.2) is 0 Å². The highest BCUT2D eigenvalue weighted by atomic mass is 16.4. The fraction of sp³-hybridized carbons (Fsp3) is 0.800. The second-order valence-corrected chi connectivity index (χ2v) is 4.55. The van der Waals surface area contributed by atoms with E-state index in [0.29, 0.717) is 6.42 Å². The molecule has 1 unspecified atom stereocenters. The van der Waals surface area contributed by atoms with Crippen LogP contribution in [0.1, 0.15) is 40.0 Å². The highest BCUT2D eigenvalue weighted by Crippen LogP contribution is 2.31. The Labute approximate surface area is 83.9 Å². The number of carbonyl (C=O) groups excluding carboxylic acids is 2. The monoisotopic (exact) mass is 200 g/mol. The predicted molar refractivity (Wildman–Crippen MR) is 46.8 cm³/mol. The predicted octanol–water partition coefficient (Wildman–Crippen LogP) is -0.681. The highest BCUT2D eigenvalue weighted by molar-refractivity contribution is 5.66. The molecule has 0 rings (SSSR count). The van der Waals surface area contributed by atoms with Gasteiger partial charge in [-0.15, -0.1) is 0 Å². The third kappa shape index (κ3) is 5.56. The summed E-state index contributed by atoms with van der Waals surface area (Å²) in [6, 6.07) is 0. The van der Waals surface area contributed by atoms with Crippen molar-refractivity contribution < 1.29 is 19.8 Å². The Morgan fingerprint density at radius 1 is 1.14 bits per heavy atom. The van der Waals surface area contributed by atoms with E-state index in [0.717, 1.165) is 0 Å². The van der Waals surface area contributed by atoms with Gasteiger partial charge in [-0.05, 0) is 30.6 Å². The van der Waals surface area contributed by atoms with Gasteiger partial charge in [0, 0.05) is 11.9 Å². The summed E-state index contributed by atoms with van der Waals surface area (Å²) in [6.07, 6.45) is 0.117. The molecule has 0 aliphatic heterocycles. The van der Waals surface area contributed by atoms with Crippen LogP contribution in [0, 0.1) is 11.3 Å². The van der Waals surface area contributed by atoms with Crippen LogP contribution in [0.3, 0.4) is 0 Å². The van der Waals surface area contributed by atoms with E-state index in [1.807, 2.05) is 20.8 Å². The number of carbonyl (C=O) groups is 2. The van der Waals surface area contributed by atoms with Gasteiger partial charge >= 0.3 is 0 Å². The number of carboxylic acids is 2. The van der Waals surface area contributed by atoms with Crippen molar-refractivity contribution in [3.63, 3.8) is 0 Å². The van der Waals surface area contributed by atoms with Crippen molar-refractivity contribution in [1.29, 1.82) is 0 Å². The second kappa shape index (κ2) is 4.98. The SMILES string of the molecule is CC(C)(C)C(CCC(=O)[O-])CC(=O)[O-]. The van der Waals surface area contributed by atoms with Crippen LogP contribution in [0.5, 0.6) is 0 Å². The van der Waals surface area contributed by atoms with Gasteiger partial charge in [0.25, 0.3) is 0 Å². The van der Waals surface area contributed by atoms with Crippen LogP contribution in [-0.4, -0.2) is 11.9 Å². The van der Waals surface area contributed by atoms with E-state index in [9.17, 15) is 19.8 Å². The average molecular weight is 200 g/mol. The van der Waals surface area contributed by atoms with Gasteiger partial charge in [0.05, 0.1) is 0 Å². The van der Waals surface area contributed by atoms with Crippen molar-refractivity contribution in [2.24, 2.45) is 11.3 Å². The molecule has 0 N–H and O–H groups in total. The molecule has 0 saturated heterocycles. The molecule has 0 saturated carbocycles. The van der Waals surface area contributed by atoms with E-state index >= 15 is 0 Å². The maximum absolute atomic E-state index is 10.4. The normalized spacial score (nSPS) is 13.6. The molecule has 0 aromatic heterocycles. The third-order valence-electron chi connectivity index (χ3n) is 2.33. The molecule has 82 valence electrons. The third-order valence-corrected chi connectivity index (χ3v) is 2.33. The highest BCUT2D eigenvalue weighted by Gasteiger charge is 2.24. The Bertz CT molecular complexity index is 215. The standard InChI is InChI=1S/C10H18O4/c1-10(2,3)7(6-9(13)14)4-5-8(11)12/h7H,4-6H2,1-3H3,(H,11,12)(H,13,14)/p-2. The number of hydrogen-bond donors (Lipinski definition) is 0. The fourth-order valence-corrected chi connectivity index (χ4v) is 1.33. The van der Waals surface area contributed by atoms with E-state index in [1.54, 1.807) is 0 Å². The fourth-order valence-electron chi connectivity index (χ4n) is 1.33. The molecule has 0 aromatic carbocycles. The molecule has 0 spiro atoms. The Hall–Kier alpha value is -1.06. The van der Waals surface area contributed by atoms with Crippen molar-refractivity contribution >= 4 is 11.9 Å². The first-order chi connectivity index (χ1) is 6.23. The first-order valence-electron chi connectivity index (χ1n) is 4.63. The number of aliphatic carboxylic acids is 2. The Morgan fingerprint density at radius 2 is 1.64 bits per heavy atom. The van der Waals surface area contributed by atoms with Gasteiger partial charge in [-0.25, -0.2) is 0 Å². The first-order valence-corrected chi connectivity index (χ1v) is 4.63. The molecular weight excluding hydrogens is 184 g/mol. The van der Waals surface area contributed by atoms with Crippen LogP contribution in [0.2, 0.25) is 0 Å². The number of carboxylic acid groups (broad SMARTS) is 2. The largest absolute Gasteiger partial charge is 0.550 e. The van der Waals surface area contributed by atoms with E-state index < -0.39 is 11.9 Å². The van der Waals surface area contributed by atoms with E-state index in [2.05, 4.69) is 0 Å². The summed E-state index contributed by atoms with van der Waals surface area (Å²) in [4.78, 5) is 20.7. The van der Waals surface area contributed by atoms with Gasteiger partial charge in [-0.3, -0.25) is 0 Å². The maximum Gasteiger partial charge on any atom is 0.0417 e. The molecule has 1 atom stereocenters. The molecule has 14 heavy (non-hydrogen) atoms. The summed E-state index contributed by atoms with van der Waals surface area (Å²) < 4.78 is 0. The summed E-state index contributed by atoms with van der Waals surface area (Å²) in [7, 11) is 0. The maximum atomic E-state index is 10.4. The lowest BCUT2D eigenvalue weighted by molar-refractivity contribution is -0.310.